The van der Waals surface area contributed by atoms with Gasteiger partial charge in [0.1, 0.15) is 12.2 Å². The van der Waals surface area contributed by atoms with Crippen LogP contribution in [0, 0.1) is 0 Å². The molecule has 0 saturated heterocycles. The first-order chi connectivity index (χ1) is 9.10. The van der Waals surface area contributed by atoms with Crippen LogP contribution in [0.25, 0.3) is 0 Å². The molecule has 1 aromatic rings. The van der Waals surface area contributed by atoms with Gasteiger partial charge in [-0.3, -0.25) is 4.79 Å². The summed E-state index contributed by atoms with van der Waals surface area (Å²) in [6.45, 7) is 0.708. The number of hydrogen-bond donors (Lipinski definition) is 2. The van der Waals surface area contributed by atoms with Crippen molar-refractivity contribution in [3.05, 3.63) is 24.0 Å². The fraction of sp³-hybridized carbons (Fsp3) is 0.500. The van der Waals surface area contributed by atoms with E-state index in [4.69, 9.17) is 14.9 Å². The van der Waals surface area contributed by atoms with Crippen molar-refractivity contribution in [1.29, 1.82) is 0 Å². The number of hydrogen-bond acceptors (Lipinski definition) is 4. The molecule has 0 saturated carbocycles. The normalized spacial score (nSPS) is 10.4. The standard InChI is InChI=1S/C12H18N2O5/c1-19-8-6-13(5-7-15)11(16)9-14-4-2-3-10(14)12(17)18/h2-4,15H,5-9H2,1H3,(H,17,18). The minimum atomic E-state index is -1.08. The van der Waals surface area contributed by atoms with Gasteiger partial charge >= 0.3 is 5.97 Å². The van der Waals surface area contributed by atoms with E-state index >= 15 is 0 Å². The Hall–Kier alpha value is -1.86. The molecule has 0 atom stereocenters. The Morgan fingerprint density at radius 3 is 2.74 bits per heavy atom. The Morgan fingerprint density at radius 1 is 1.42 bits per heavy atom. The van der Waals surface area contributed by atoms with Crippen molar-refractivity contribution in [3.8, 4) is 0 Å². The summed E-state index contributed by atoms with van der Waals surface area (Å²) >= 11 is 0. The Balaban J connectivity index is 2.69. The van der Waals surface area contributed by atoms with E-state index < -0.39 is 5.97 Å². The maximum Gasteiger partial charge on any atom is 0.352 e. The molecule has 0 radical (unpaired) electrons. The van der Waals surface area contributed by atoms with Gasteiger partial charge in [0, 0.05) is 26.4 Å². The number of methoxy groups -OCH3 is 1. The number of aromatic nitrogens is 1. The minimum absolute atomic E-state index is 0.0593. The Labute approximate surface area is 111 Å². The van der Waals surface area contributed by atoms with Crippen LogP contribution in [0.15, 0.2) is 18.3 Å². The second-order valence-electron chi connectivity index (χ2n) is 3.92. The van der Waals surface area contributed by atoms with E-state index in [0.29, 0.717) is 13.2 Å². The number of ether oxygens (including phenoxy) is 1. The first-order valence-corrected chi connectivity index (χ1v) is 5.86. The van der Waals surface area contributed by atoms with Crippen molar-refractivity contribution < 1.29 is 24.5 Å². The van der Waals surface area contributed by atoms with Crippen LogP contribution in [0.4, 0.5) is 0 Å². The van der Waals surface area contributed by atoms with E-state index in [9.17, 15) is 9.59 Å². The molecule has 106 valence electrons. The first kappa shape index (κ1) is 15.2. The van der Waals surface area contributed by atoms with E-state index in [1.807, 2.05) is 0 Å². The molecule has 0 aliphatic heterocycles. The first-order valence-electron chi connectivity index (χ1n) is 5.86. The third-order valence-electron chi connectivity index (χ3n) is 2.64. The fourth-order valence-corrected chi connectivity index (χ4v) is 1.68. The van der Waals surface area contributed by atoms with E-state index in [2.05, 4.69) is 0 Å². The number of nitrogens with zero attached hydrogens (tertiary/aromatic N) is 2. The lowest BCUT2D eigenvalue weighted by Crippen LogP contribution is -2.38. The highest BCUT2D eigenvalue weighted by Crippen LogP contribution is 2.04. The zero-order valence-corrected chi connectivity index (χ0v) is 10.8. The molecule has 7 heteroatoms. The molecular weight excluding hydrogens is 252 g/mol. The van der Waals surface area contributed by atoms with Crippen LogP contribution in [0.3, 0.4) is 0 Å². The summed E-state index contributed by atoms with van der Waals surface area (Å²) in [7, 11) is 1.52. The van der Waals surface area contributed by atoms with Crippen LogP contribution in [0.2, 0.25) is 0 Å². The molecule has 7 nitrogen and oxygen atoms in total. The molecule has 19 heavy (non-hydrogen) atoms. The molecule has 0 unspecified atom stereocenters. The predicted octanol–water partition coefficient (Wildman–Crippen LogP) is -0.346. The number of carboxylic acids is 1. The lowest BCUT2D eigenvalue weighted by molar-refractivity contribution is -0.133. The van der Waals surface area contributed by atoms with E-state index in [-0.39, 0.29) is 31.3 Å². The largest absolute Gasteiger partial charge is 0.477 e. The number of rotatable bonds is 8. The van der Waals surface area contributed by atoms with Crippen LogP contribution in [0.5, 0.6) is 0 Å². The molecule has 1 amide bonds. The average Bonchev–Trinajstić information content (AvgIpc) is 2.82. The number of aliphatic hydroxyl groups is 1. The van der Waals surface area contributed by atoms with Gasteiger partial charge in [0.2, 0.25) is 5.91 Å². The van der Waals surface area contributed by atoms with Gasteiger partial charge in [-0.1, -0.05) is 0 Å². The SMILES string of the molecule is COCCN(CCO)C(=O)Cn1cccc1C(=O)O. The van der Waals surface area contributed by atoms with E-state index in [0.717, 1.165) is 0 Å². The second kappa shape index (κ2) is 7.55. The second-order valence-corrected chi connectivity index (χ2v) is 3.92. The Kier molecular flexibility index (Phi) is 6.04. The van der Waals surface area contributed by atoms with Crippen LogP contribution in [0.1, 0.15) is 10.5 Å². The number of carbonyl (C=O) groups is 2. The third kappa shape index (κ3) is 4.38. The smallest absolute Gasteiger partial charge is 0.352 e. The van der Waals surface area contributed by atoms with Gasteiger partial charge in [0.05, 0.1) is 13.2 Å². The highest BCUT2D eigenvalue weighted by molar-refractivity contribution is 5.86. The summed E-state index contributed by atoms with van der Waals surface area (Å²) < 4.78 is 6.25. The topological polar surface area (TPSA) is 92.0 Å². The van der Waals surface area contributed by atoms with Gasteiger partial charge in [-0.05, 0) is 12.1 Å². The van der Waals surface area contributed by atoms with Crippen molar-refractivity contribution in [2.75, 3.05) is 33.4 Å². The molecule has 1 rings (SSSR count). The monoisotopic (exact) mass is 270 g/mol. The summed E-state index contributed by atoms with van der Waals surface area (Å²) in [6.07, 6.45) is 1.54. The summed E-state index contributed by atoms with van der Waals surface area (Å²) in [5.41, 5.74) is 0.0593. The zero-order chi connectivity index (χ0) is 14.3. The zero-order valence-electron chi connectivity index (χ0n) is 10.8. The number of amides is 1. The van der Waals surface area contributed by atoms with E-state index in [1.165, 1.54) is 28.8 Å². The maximum atomic E-state index is 12.0. The van der Waals surface area contributed by atoms with Crippen molar-refractivity contribution >= 4 is 11.9 Å². The van der Waals surface area contributed by atoms with Crippen LogP contribution in [-0.4, -0.2) is 65.0 Å². The molecule has 0 aliphatic carbocycles. The quantitative estimate of drug-likeness (QED) is 0.674. The molecule has 0 aromatic carbocycles. The number of carboxylic acid groups (broad SMARTS) is 1. The van der Waals surface area contributed by atoms with Gasteiger partial charge in [0.15, 0.2) is 0 Å². The highest BCUT2D eigenvalue weighted by atomic mass is 16.5. The highest BCUT2D eigenvalue weighted by Gasteiger charge is 2.16. The maximum absolute atomic E-state index is 12.0. The van der Waals surface area contributed by atoms with Crippen LogP contribution < -0.4 is 0 Å². The van der Waals surface area contributed by atoms with Gasteiger partial charge in [-0.25, -0.2) is 4.79 Å². The van der Waals surface area contributed by atoms with Crippen molar-refractivity contribution in [1.82, 2.24) is 9.47 Å². The van der Waals surface area contributed by atoms with Gasteiger partial charge in [-0.15, -0.1) is 0 Å². The van der Waals surface area contributed by atoms with Gasteiger partial charge in [0.25, 0.3) is 0 Å². The molecule has 0 aliphatic rings. The summed E-state index contributed by atoms with van der Waals surface area (Å²) in [5.74, 6) is -1.34. The molecule has 0 bridgehead atoms. The summed E-state index contributed by atoms with van der Waals surface area (Å²) in [4.78, 5) is 24.4. The number of aromatic carboxylic acids is 1. The van der Waals surface area contributed by atoms with Crippen LogP contribution >= 0.6 is 0 Å². The lowest BCUT2D eigenvalue weighted by atomic mass is 10.4. The molecular formula is C12H18N2O5. The third-order valence-corrected chi connectivity index (χ3v) is 2.64. The van der Waals surface area contributed by atoms with Crippen molar-refractivity contribution in [3.63, 3.8) is 0 Å². The molecule has 1 aromatic heterocycles. The Morgan fingerprint density at radius 2 is 2.16 bits per heavy atom. The molecule has 1 heterocycles. The fourth-order valence-electron chi connectivity index (χ4n) is 1.68. The number of carbonyl (C=O) groups excluding carboxylic acids is 1. The summed E-state index contributed by atoms with van der Waals surface area (Å²) in [5, 5.41) is 17.9. The van der Waals surface area contributed by atoms with Crippen molar-refractivity contribution in [2.45, 2.75) is 6.54 Å². The lowest BCUT2D eigenvalue weighted by Gasteiger charge is -2.22. The number of aliphatic hydroxyl groups excluding tert-OH is 1. The minimum Gasteiger partial charge on any atom is -0.477 e. The van der Waals surface area contributed by atoms with Crippen LogP contribution in [-0.2, 0) is 16.1 Å². The molecule has 2 N–H and O–H groups in total. The van der Waals surface area contributed by atoms with Gasteiger partial charge < -0.3 is 24.4 Å². The Bertz CT molecular complexity index is 430. The van der Waals surface area contributed by atoms with Gasteiger partial charge in [-0.2, -0.15) is 0 Å². The molecule has 0 spiro atoms. The van der Waals surface area contributed by atoms with E-state index in [1.54, 1.807) is 6.07 Å². The average molecular weight is 270 g/mol. The predicted molar refractivity (Wildman–Crippen MR) is 66.9 cm³/mol. The van der Waals surface area contributed by atoms with Crippen molar-refractivity contribution in [2.24, 2.45) is 0 Å². The molecule has 0 fully saturated rings. The summed E-state index contributed by atoms with van der Waals surface area (Å²) in [6, 6.07) is 3.00.